The molecule has 8 nitrogen and oxygen atoms in total. The van der Waals surface area contributed by atoms with Gasteiger partial charge in [0, 0.05) is 5.69 Å². The van der Waals surface area contributed by atoms with Gasteiger partial charge in [-0.05, 0) is 60.2 Å². The van der Waals surface area contributed by atoms with Crippen molar-refractivity contribution in [3.8, 4) is 5.75 Å². The maximum absolute atomic E-state index is 12.3. The molecule has 0 aliphatic carbocycles. The highest BCUT2D eigenvalue weighted by Crippen LogP contribution is 2.32. The Morgan fingerprint density at radius 1 is 1.13 bits per heavy atom. The van der Waals surface area contributed by atoms with Crippen molar-refractivity contribution in [2.45, 2.75) is 6.92 Å². The van der Waals surface area contributed by atoms with E-state index in [1.807, 2.05) is 25.1 Å². The molecule has 31 heavy (non-hydrogen) atoms. The van der Waals surface area contributed by atoms with Crippen LogP contribution in [0.15, 0.2) is 53.4 Å². The molecule has 2 aromatic rings. The standard InChI is InChI=1S/C22H20N2O6S/c1-14-4-3-5-16(10-14)23-19(25)13-30-17-8-6-15(7-9-17)11-18-21(27)24(22(28)31-18)12-20(26)29-2/h3-11H,12-13H2,1-2H3,(H,23,25)/b18-11-. The van der Waals surface area contributed by atoms with E-state index in [4.69, 9.17) is 4.74 Å². The Labute approximate surface area is 183 Å². The van der Waals surface area contributed by atoms with Crippen LogP contribution in [0.25, 0.3) is 6.08 Å². The molecule has 1 heterocycles. The Bertz CT molecular complexity index is 1050. The number of amides is 3. The van der Waals surface area contributed by atoms with Gasteiger partial charge >= 0.3 is 5.97 Å². The van der Waals surface area contributed by atoms with Crippen LogP contribution in [0.3, 0.4) is 0 Å². The van der Waals surface area contributed by atoms with Crippen molar-refractivity contribution in [1.82, 2.24) is 4.90 Å². The van der Waals surface area contributed by atoms with E-state index < -0.39 is 23.7 Å². The second-order valence-electron chi connectivity index (χ2n) is 6.62. The lowest BCUT2D eigenvalue weighted by Gasteiger charge is -2.09. The average molecular weight is 440 g/mol. The predicted molar refractivity (Wildman–Crippen MR) is 116 cm³/mol. The molecule has 0 atom stereocenters. The summed E-state index contributed by atoms with van der Waals surface area (Å²) in [4.78, 5) is 48.7. The van der Waals surface area contributed by atoms with E-state index in [-0.39, 0.29) is 17.4 Å². The number of esters is 1. The Balaban J connectivity index is 1.56. The Hall–Kier alpha value is -3.59. The van der Waals surface area contributed by atoms with Crippen molar-refractivity contribution in [3.05, 3.63) is 64.6 Å². The maximum atomic E-state index is 12.3. The van der Waals surface area contributed by atoms with Crippen LogP contribution in [0.2, 0.25) is 0 Å². The Kier molecular flexibility index (Phi) is 7.09. The number of carbonyl (C=O) groups is 4. The molecule has 0 bridgehead atoms. The van der Waals surface area contributed by atoms with E-state index in [1.165, 1.54) is 7.11 Å². The van der Waals surface area contributed by atoms with Crippen LogP contribution >= 0.6 is 11.8 Å². The number of nitrogens with one attached hydrogen (secondary N) is 1. The van der Waals surface area contributed by atoms with E-state index in [0.29, 0.717) is 17.0 Å². The van der Waals surface area contributed by atoms with Gasteiger partial charge in [-0.25, -0.2) is 0 Å². The molecule has 1 N–H and O–H groups in total. The highest BCUT2D eigenvalue weighted by Gasteiger charge is 2.36. The van der Waals surface area contributed by atoms with E-state index >= 15 is 0 Å². The molecular formula is C22H20N2O6S. The maximum Gasteiger partial charge on any atom is 0.325 e. The second kappa shape index (κ2) is 9.94. The number of imide groups is 1. The third-order valence-electron chi connectivity index (χ3n) is 4.24. The smallest absolute Gasteiger partial charge is 0.325 e. The third kappa shape index (κ3) is 5.95. The molecular weight excluding hydrogens is 420 g/mol. The van der Waals surface area contributed by atoms with Gasteiger partial charge in [0.15, 0.2) is 6.61 Å². The molecule has 0 aromatic heterocycles. The molecule has 9 heteroatoms. The highest BCUT2D eigenvalue weighted by molar-refractivity contribution is 8.18. The van der Waals surface area contributed by atoms with Gasteiger partial charge in [-0.3, -0.25) is 24.1 Å². The number of anilines is 1. The van der Waals surface area contributed by atoms with Gasteiger partial charge < -0.3 is 14.8 Å². The summed E-state index contributed by atoms with van der Waals surface area (Å²) >= 11 is 0.756. The number of hydrogen-bond donors (Lipinski definition) is 1. The van der Waals surface area contributed by atoms with Crippen molar-refractivity contribution >= 4 is 46.5 Å². The summed E-state index contributed by atoms with van der Waals surface area (Å²) < 4.78 is 9.99. The minimum absolute atomic E-state index is 0.153. The fourth-order valence-corrected chi connectivity index (χ4v) is 3.55. The van der Waals surface area contributed by atoms with Crippen LogP contribution < -0.4 is 10.1 Å². The molecule has 2 aromatic carbocycles. The molecule has 0 spiro atoms. The van der Waals surface area contributed by atoms with Gasteiger partial charge in [0.1, 0.15) is 12.3 Å². The number of thioether (sulfide) groups is 1. The van der Waals surface area contributed by atoms with Crippen LogP contribution in [0.5, 0.6) is 5.75 Å². The van der Waals surface area contributed by atoms with E-state index in [0.717, 1.165) is 22.2 Å². The minimum atomic E-state index is -0.670. The van der Waals surface area contributed by atoms with Gasteiger partial charge in [0.2, 0.25) is 0 Å². The molecule has 1 saturated heterocycles. The number of methoxy groups -OCH3 is 1. The SMILES string of the molecule is COC(=O)CN1C(=O)S/C(=C\c2ccc(OCC(=O)Nc3cccc(C)c3)cc2)C1=O. The number of aryl methyl sites for hydroxylation is 1. The van der Waals surface area contributed by atoms with Crippen molar-refractivity contribution in [2.75, 3.05) is 25.6 Å². The first-order chi connectivity index (χ1) is 14.9. The van der Waals surface area contributed by atoms with Crippen LogP contribution in [-0.2, 0) is 19.1 Å². The molecule has 1 fully saturated rings. The van der Waals surface area contributed by atoms with Crippen molar-refractivity contribution in [3.63, 3.8) is 0 Å². The van der Waals surface area contributed by atoms with Crippen LogP contribution in [0, 0.1) is 6.92 Å². The first kappa shape index (κ1) is 22.1. The number of nitrogens with zero attached hydrogens (tertiary/aromatic N) is 1. The van der Waals surface area contributed by atoms with E-state index in [9.17, 15) is 19.2 Å². The van der Waals surface area contributed by atoms with Crippen LogP contribution in [-0.4, -0.2) is 48.2 Å². The highest BCUT2D eigenvalue weighted by atomic mass is 32.2. The quantitative estimate of drug-likeness (QED) is 0.521. The molecule has 160 valence electrons. The van der Waals surface area contributed by atoms with Crippen LogP contribution in [0.1, 0.15) is 11.1 Å². The largest absolute Gasteiger partial charge is 0.484 e. The summed E-state index contributed by atoms with van der Waals surface area (Å²) in [5.74, 6) is -1.02. The van der Waals surface area contributed by atoms with Crippen LogP contribution in [0.4, 0.5) is 10.5 Å². The first-order valence-corrected chi connectivity index (χ1v) is 10.1. The zero-order valence-electron chi connectivity index (χ0n) is 16.9. The molecule has 3 amide bonds. The van der Waals surface area contributed by atoms with E-state index in [2.05, 4.69) is 10.1 Å². The summed E-state index contributed by atoms with van der Waals surface area (Å²) in [7, 11) is 1.19. The fraction of sp³-hybridized carbons (Fsp3) is 0.182. The number of benzene rings is 2. The van der Waals surface area contributed by atoms with Crippen molar-refractivity contribution in [2.24, 2.45) is 0 Å². The summed E-state index contributed by atoms with van der Waals surface area (Å²) in [6.45, 7) is 1.36. The normalized spacial score (nSPS) is 14.6. The molecule has 0 saturated carbocycles. The van der Waals surface area contributed by atoms with Gasteiger partial charge in [0.25, 0.3) is 17.1 Å². The number of ether oxygens (including phenoxy) is 2. The molecule has 3 rings (SSSR count). The predicted octanol–water partition coefficient (Wildman–Crippen LogP) is 3.22. The molecule has 1 aliphatic rings. The lowest BCUT2D eigenvalue weighted by Crippen LogP contribution is -2.34. The molecule has 0 unspecified atom stereocenters. The Morgan fingerprint density at radius 2 is 1.87 bits per heavy atom. The first-order valence-electron chi connectivity index (χ1n) is 9.27. The Morgan fingerprint density at radius 3 is 2.55 bits per heavy atom. The topological polar surface area (TPSA) is 102 Å². The molecule has 0 radical (unpaired) electrons. The lowest BCUT2D eigenvalue weighted by molar-refractivity contribution is -0.143. The number of hydrogen-bond acceptors (Lipinski definition) is 7. The lowest BCUT2D eigenvalue weighted by atomic mass is 10.2. The van der Waals surface area contributed by atoms with Gasteiger partial charge in [-0.1, -0.05) is 24.3 Å². The summed E-state index contributed by atoms with van der Waals surface area (Å²) in [5, 5.41) is 2.23. The van der Waals surface area contributed by atoms with Gasteiger partial charge in [-0.15, -0.1) is 0 Å². The minimum Gasteiger partial charge on any atom is -0.484 e. The van der Waals surface area contributed by atoms with Gasteiger partial charge in [0.05, 0.1) is 12.0 Å². The monoisotopic (exact) mass is 440 g/mol. The summed E-state index contributed by atoms with van der Waals surface area (Å²) in [6, 6.07) is 14.2. The van der Waals surface area contributed by atoms with E-state index in [1.54, 1.807) is 36.4 Å². The second-order valence-corrected chi connectivity index (χ2v) is 7.61. The molecule has 1 aliphatic heterocycles. The number of carbonyl (C=O) groups excluding carboxylic acids is 4. The zero-order chi connectivity index (χ0) is 22.4. The zero-order valence-corrected chi connectivity index (χ0v) is 17.7. The number of rotatable bonds is 7. The fourth-order valence-electron chi connectivity index (χ4n) is 2.71. The third-order valence-corrected chi connectivity index (χ3v) is 5.15. The van der Waals surface area contributed by atoms with Gasteiger partial charge in [-0.2, -0.15) is 0 Å². The van der Waals surface area contributed by atoms with Crippen molar-refractivity contribution < 1.29 is 28.7 Å². The average Bonchev–Trinajstić information content (AvgIpc) is 3.00. The summed E-state index contributed by atoms with van der Waals surface area (Å²) in [6.07, 6.45) is 1.55. The van der Waals surface area contributed by atoms with Crippen molar-refractivity contribution in [1.29, 1.82) is 0 Å². The summed E-state index contributed by atoms with van der Waals surface area (Å²) in [5.41, 5.74) is 2.41.